The molecule has 0 saturated heterocycles. The number of thiophene rings is 1. The van der Waals surface area contributed by atoms with Crippen molar-refractivity contribution in [3.63, 3.8) is 0 Å². The summed E-state index contributed by atoms with van der Waals surface area (Å²) in [4.78, 5) is 12.6. The Morgan fingerprint density at radius 2 is 2.20 bits per heavy atom. The normalized spacial score (nSPS) is 15.7. The molecule has 3 rings (SSSR count). The smallest absolute Gasteiger partial charge is 0.219 e. The van der Waals surface area contributed by atoms with Gasteiger partial charge in [0.05, 0.1) is 12.3 Å². The average Bonchev–Trinajstić information content (AvgIpc) is 2.87. The van der Waals surface area contributed by atoms with Gasteiger partial charge in [0.15, 0.2) is 0 Å². The lowest BCUT2D eigenvalue weighted by Crippen LogP contribution is -2.25. The van der Waals surface area contributed by atoms with Crippen molar-refractivity contribution < 1.29 is 4.74 Å². The third-order valence-electron chi connectivity index (χ3n) is 3.58. The maximum atomic E-state index is 5.63. The number of hydrogen-bond acceptors (Lipinski definition) is 5. The molecular weight excluding hydrogens is 270 g/mol. The number of fused-ring (bicyclic) bond motifs is 1. The van der Waals surface area contributed by atoms with Crippen molar-refractivity contribution in [3.8, 4) is 5.88 Å². The Hall–Kier alpha value is -1.46. The van der Waals surface area contributed by atoms with Crippen molar-refractivity contribution in [2.24, 2.45) is 0 Å². The summed E-state index contributed by atoms with van der Waals surface area (Å²) < 4.78 is 5.63. The maximum Gasteiger partial charge on any atom is 0.219 e. The molecule has 4 nitrogen and oxygen atoms in total. The minimum atomic E-state index is 0.655. The molecule has 0 N–H and O–H groups in total. The molecule has 106 valence electrons. The average molecular weight is 289 g/mol. The van der Waals surface area contributed by atoms with E-state index in [0.717, 1.165) is 44.0 Å². The zero-order valence-corrected chi connectivity index (χ0v) is 12.5. The second kappa shape index (κ2) is 6.33. The minimum Gasteiger partial charge on any atom is -0.478 e. The number of rotatable bonds is 4. The Morgan fingerprint density at radius 1 is 1.30 bits per heavy atom. The van der Waals surface area contributed by atoms with Crippen LogP contribution in [0.3, 0.4) is 0 Å². The first kappa shape index (κ1) is 13.5. The van der Waals surface area contributed by atoms with Crippen LogP contribution in [0.5, 0.6) is 5.88 Å². The molecule has 0 atom stereocenters. The van der Waals surface area contributed by atoms with Crippen molar-refractivity contribution in [3.05, 3.63) is 40.0 Å². The standard InChI is InChI=1S/C15H19N3OS/c1-2-19-15-13-5-7-18(10-12-4-3-9-20-12)8-6-14(13)16-11-17-15/h3-4,9,11H,2,5-8,10H2,1H3. The molecule has 20 heavy (non-hydrogen) atoms. The van der Waals surface area contributed by atoms with Crippen molar-refractivity contribution in [1.82, 2.24) is 14.9 Å². The van der Waals surface area contributed by atoms with Crippen LogP contribution in [0.2, 0.25) is 0 Å². The first-order valence-corrected chi connectivity index (χ1v) is 7.95. The van der Waals surface area contributed by atoms with E-state index < -0.39 is 0 Å². The van der Waals surface area contributed by atoms with Crippen LogP contribution in [0, 0.1) is 0 Å². The molecule has 0 saturated carbocycles. The Kier molecular flexibility index (Phi) is 4.28. The quantitative estimate of drug-likeness (QED) is 0.867. The number of aromatic nitrogens is 2. The molecule has 1 aliphatic rings. The van der Waals surface area contributed by atoms with E-state index in [1.54, 1.807) is 6.33 Å². The third-order valence-corrected chi connectivity index (χ3v) is 4.44. The zero-order valence-electron chi connectivity index (χ0n) is 11.7. The van der Waals surface area contributed by atoms with Crippen molar-refractivity contribution in [1.29, 1.82) is 0 Å². The van der Waals surface area contributed by atoms with Crippen LogP contribution in [0.4, 0.5) is 0 Å². The van der Waals surface area contributed by atoms with E-state index in [2.05, 4.69) is 32.4 Å². The van der Waals surface area contributed by atoms with Gasteiger partial charge in [-0.2, -0.15) is 0 Å². The van der Waals surface area contributed by atoms with E-state index >= 15 is 0 Å². The minimum absolute atomic E-state index is 0.655. The summed E-state index contributed by atoms with van der Waals surface area (Å²) >= 11 is 1.82. The van der Waals surface area contributed by atoms with E-state index in [-0.39, 0.29) is 0 Å². The Morgan fingerprint density at radius 3 is 3.00 bits per heavy atom. The van der Waals surface area contributed by atoms with Crippen molar-refractivity contribution in [2.75, 3.05) is 19.7 Å². The summed E-state index contributed by atoms with van der Waals surface area (Å²) in [6.07, 6.45) is 3.57. The van der Waals surface area contributed by atoms with E-state index in [4.69, 9.17) is 4.74 Å². The SMILES string of the molecule is CCOc1ncnc2c1CCN(Cc1cccs1)CC2. The van der Waals surface area contributed by atoms with Crippen LogP contribution in [-0.4, -0.2) is 34.6 Å². The molecule has 0 amide bonds. The van der Waals surface area contributed by atoms with Gasteiger partial charge in [-0.15, -0.1) is 11.3 Å². The van der Waals surface area contributed by atoms with E-state index in [1.807, 2.05) is 18.3 Å². The summed E-state index contributed by atoms with van der Waals surface area (Å²) in [6.45, 7) is 5.77. The second-order valence-electron chi connectivity index (χ2n) is 4.89. The highest BCUT2D eigenvalue weighted by molar-refractivity contribution is 7.09. The van der Waals surface area contributed by atoms with Gasteiger partial charge in [0.1, 0.15) is 6.33 Å². The van der Waals surface area contributed by atoms with Gasteiger partial charge in [-0.1, -0.05) is 6.07 Å². The molecular formula is C15H19N3OS. The van der Waals surface area contributed by atoms with E-state index in [0.29, 0.717) is 6.61 Å². The highest BCUT2D eigenvalue weighted by atomic mass is 32.1. The molecule has 0 fully saturated rings. The molecule has 2 aromatic heterocycles. The van der Waals surface area contributed by atoms with E-state index in [1.165, 1.54) is 10.4 Å². The fraction of sp³-hybridized carbons (Fsp3) is 0.467. The van der Waals surface area contributed by atoms with Crippen LogP contribution in [-0.2, 0) is 19.4 Å². The van der Waals surface area contributed by atoms with Crippen LogP contribution >= 0.6 is 11.3 Å². The molecule has 2 aromatic rings. The third kappa shape index (κ3) is 2.99. The first-order chi connectivity index (χ1) is 9.86. The number of nitrogens with zero attached hydrogens (tertiary/aromatic N) is 3. The van der Waals surface area contributed by atoms with Crippen molar-refractivity contribution in [2.45, 2.75) is 26.3 Å². The molecule has 1 aliphatic heterocycles. The Bertz CT molecular complexity index is 556. The van der Waals surface area contributed by atoms with Gasteiger partial charge in [-0.25, -0.2) is 9.97 Å². The molecule has 0 radical (unpaired) electrons. The fourth-order valence-electron chi connectivity index (χ4n) is 2.58. The van der Waals surface area contributed by atoms with Gasteiger partial charge >= 0.3 is 0 Å². The molecule has 0 bridgehead atoms. The summed E-state index contributed by atoms with van der Waals surface area (Å²) in [5, 5.41) is 2.14. The predicted molar refractivity (Wildman–Crippen MR) is 80.2 cm³/mol. The molecule has 0 spiro atoms. The van der Waals surface area contributed by atoms with Gasteiger partial charge in [0.25, 0.3) is 0 Å². The highest BCUT2D eigenvalue weighted by Gasteiger charge is 2.19. The van der Waals surface area contributed by atoms with Gasteiger partial charge in [0, 0.05) is 36.5 Å². The molecule has 3 heterocycles. The van der Waals surface area contributed by atoms with Gasteiger partial charge in [-0.3, -0.25) is 4.90 Å². The van der Waals surface area contributed by atoms with Crippen molar-refractivity contribution >= 4 is 11.3 Å². The van der Waals surface area contributed by atoms with Gasteiger partial charge in [0.2, 0.25) is 5.88 Å². The van der Waals surface area contributed by atoms with Crippen LogP contribution in [0.25, 0.3) is 0 Å². The summed E-state index contributed by atoms with van der Waals surface area (Å²) in [5.74, 6) is 0.774. The zero-order chi connectivity index (χ0) is 13.8. The van der Waals surface area contributed by atoms with Gasteiger partial charge < -0.3 is 4.74 Å². The Labute approximate surface area is 123 Å². The topological polar surface area (TPSA) is 38.3 Å². The summed E-state index contributed by atoms with van der Waals surface area (Å²) in [7, 11) is 0. The predicted octanol–water partition coefficient (Wildman–Crippen LogP) is 2.54. The lowest BCUT2D eigenvalue weighted by molar-refractivity contribution is 0.279. The Balaban J connectivity index is 1.73. The number of hydrogen-bond donors (Lipinski definition) is 0. The fourth-order valence-corrected chi connectivity index (χ4v) is 3.33. The van der Waals surface area contributed by atoms with Crippen LogP contribution in [0.15, 0.2) is 23.8 Å². The largest absolute Gasteiger partial charge is 0.478 e. The second-order valence-corrected chi connectivity index (χ2v) is 5.92. The lowest BCUT2D eigenvalue weighted by atomic mass is 10.1. The van der Waals surface area contributed by atoms with Gasteiger partial charge in [-0.05, 0) is 24.8 Å². The molecule has 0 aromatic carbocycles. The van der Waals surface area contributed by atoms with Crippen LogP contribution < -0.4 is 4.74 Å². The highest BCUT2D eigenvalue weighted by Crippen LogP contribution is 2.23. The van der Waals surface area contributed by atoms with Crippen LogP contribution in [0.1, 0.15) is 23.1 Å². The number of ether oxygens (including phenoxy) is 1. The van der Waals surface area contributed by atoms with E-state index in [9.17, 15) is 0 Å². The molecule has 0 unspecified atom stereocenters. The first-order valence-electron chi connectivity index (χ1n) is 7.07. The lowest BCUT2D eigenvalue weighted by Gasteiger charge is -2.18. The summed E-state index contributed by atoms with van der Waals surface area (Å²) in [6, 6.07) is 4.32. The maximum absolute atomic E-state index is 5.63. The molecule has 0 aliphatic carbocycles. The monoisotopic (exact) mass is 289 g/mol. The molecule has 5 heteroatoms. The summed E-state index contributed by atoms with van der Waals surface area (Å²) in [5.41, 5.74) is 2.35.